The van der Waals surface area contributed by atoms with Crippen molar-refractivity contribution in [1.29, 1.82) is 0 Å². The molecule has 2 heterocycles. The monoisotopic (exact) mass is 548 g/mol. The lowest BCUT2D eigenvalue weighted by Crippen LogP contribution is -2.51. The molecule has 0 bridgehead atoms. The fraction of sp³-hybridized carbons (Fsp3) is 0.636. The second kappa shape index (κ2) is 13.8. The van der Waals surface area contributed by atoms with Crippen LogP contribution in [0.1, 0.15) is 69.9 Å². The van der Waals surface area contributed by atoms with Crippen LogP contribution < -0.4 is 10.6 Å². The molecule has 1 saturated heterocycles. The van der Waals surface area contributed by atoms with Crippen molar-refractivity contribution >= 4 is 17.5 Å². The number of hydrogen-bond acceptors (Lipinski definition) is 5. The van der Waals surface area contributed by atoms with Crippen LogP contribution in [0, 0.1) is 17.8 Å². The lowest BCUT2D eigenvalue weighted by atomic mass is 9.75. The molecule has 7 heteroatoms. The summed E-state index contributed by atoms with van der Waals surface area (Å²) in [5.41, 5.74) is 2.41. The van der Waals surface area contributed by atoms with E-state index in [-0.39, 0.29) is 29.8 Å². The van der Waals surface area contributed by atoms with Crippen LogP contribution in [0.4, 0.5) is 5.69 Å². The van der Waals surface area contributed by atoms with E-state index in [4.69, 9.17) is 4.74 Å². The van der Waals surface area contributed by atoms with Crippen molar-refractivity contribution < 1.29 is 14.3 Å². The van der Waals surface area contributed by atoms with Gasteiger partial charge in [0, 0.05) is 55.7 Å². The van der Waals surface area contributed by atoms with Crippen LogP contribution in [0.15, 0.2) is 48.6 Å². The summed E-state index contributed by atoms with van der Waals surface area (Å²) in [6.07, 6.45) is 16.1. The second-order valence-corrected chi connectivity index (χ2v) is 12.1. The number of carbonyl (C=O) groups excluding carboxylic acids is 2. The number of hydrogen-bond donors (Lipinski definition) is 2. The molecule has 2 unspecified atom stereocenters. The van der Waals surface area contributed by atoms with Gasteiger partial charge >= 0.3 is 0 Å². The Balaban J connectivity index is 1.23. The zero-order valence-electron chi connectivity index (χ0n) is 24.4. The molecule has 0 aromatic heterocycles. The van der Waals surface area contributed by atoms with Gasteiger partial charge in [0.25, 0.3) is 0 Å². The van der Waals surface area contributed by atoms with Crippen LogP contribution in [0.2, 0.25) is 0 Å². The number of ether oxygens (including phenoxy) is 1. The summed E-state index contributed by atoms with van der Waals surface area (Å²) in [5.74, 6) is 0.995. The molecule has 1 saturated carbocycles. The normalized spacial score (nSPS) is 29.1. The number of likely N-dealkylation sites (tertiary alicyclic amines) is 1. The van der Waals surface area contributed by atoms with Gasteiger partial charge < -0.3 is 25.2 Å². The maximum absolute atomic E-state index is 14.3. The summed E-state index contributed by atoms with van der Waals surface area (Å²) >= 11 is 0. The molecular weight excluding hydrogens is 500 g/mol. The Morgan fingerprint density at radius 3 is 2.80 bits per heavy atom. The zero-order chi connectivity index (χ0) is 27.9. The maximum atomic E-state index is 14.3. The van der Waals surface area contributed by atoms with Gasteiger partial charge in [-0.1, -0.05) is 55.3 Å². The molecule has 2 amide bonds. The van der Waals surface area contributed by atoms with Crippen LogP contribution in [0.5, 0.6) is 0 Å². The molecule has 4 aliphatic rings. The van der Waals surface area contributed by atoms with Gasteiger partial charge in [-0.15, -0.1) is 0 Å². The van der Waals surface area contributed by atoms with E-state index in [1.807, 2.05) is 6.92 Å². The van der Waals surface area contributed by atoms with Crippen molar-refractivity contribution in [2.24, 2.45) is 17.8 Å². The third-order valence-electron chi connectivity index (χ3n) is 9.46. The van der Waals surface area contributed by atoms with E-state index >= 15 is 0 Å². The molecule has 7 nitrogen and oxygen atoms in total. The molecule has 6 atom stereocenters. The minimum Gasteiger partial charge on any atom is -0.381 e. The maximum Gasteiger partial charge on any atom is 0.228 e. The first-order valence-corrected chi connectivity index (χ1v) is 15.6. The molecule has 5 rings (SSSR count). The highest BCUT2D eigenvalue weighted by Gasteiger charge is 2.49. The van der Waals surface area contributed by atoms with Crippen molar-refractivity contribution in [2.75, 3.05) is 45.2 Å². The van der Waals surface area contributed by atoms with Crippen molar-refractivity contribution in [1.82, 2.24) is 15.1 Å². The number of nitrogens with one attached hydrogen (secondary N) is 2. The van der Waals surface area contributed by atoms with Gasteiger partial charge in [0.05, 0.1) is 18.6 Å². The molecule has 0 radical (unpaired) electrons. The van der Waals surface area contributed by atoms with E-state index < -0.39 is 0 Å². The number of para-hydroxylation sites is 1. The zero-order valence-corrected chi connectivity index (χ0v) is 24.4. The van der Waals surface area contributed by atoms with Crippen LogP contribution >= 0.6 is 0 Å². The molecule has 2 aliphatic carbocycles. The highest BCUT2D eigenvalue weighted by Crippen LogP contribution is 2.49. The van der Waals surface area contributed by atoms with Crippen LogP contribution in [0.25, 0.3) is 0 Å². The molecule has 0 spiro atoms. The van der Waals surface area contributed by atoms with Crippen LogP contribution in [0.3, 0.4) is 0 Å². The summed E-state index contributed by atoms with van der Waals surface area (Å²) in [5, 5.41) is 7.16. The smallest absolute Gasteiger partial charge is 0.228 e. The summed E-state index contributed by atoms with van der Waals surface area (Å²) in [6.45, 7) is 5.99. The van der Waals surface area contributed by atoms with E-state index in [2.05, 4.69) is 76.1 Å². The molecule has 2 fully saturated rings. The first-order valence-electron chi connectivity index (χ1n) is 15.6. The van der Waals surface area contributed by atoms with Gasteiger partial charge in [-0.3, -0.25) is 9.59 Å². The standard InChI is InChI=1S/C33H48N4O3/c1-3-40-23-22-36(2)20-11-18-30(38)34-29-17-10-8-15-26(29)33(39)37-21-19-27-31(24-12-5-4-6-13-24)35-28-16-9-7-14-25(28)32(27)37/h4-7,9,12,14,16,24,26-27,29,31-32,35H,3,8,10-11,13,15,17-23H2,1-2H3,(H,34,38)/t24?,26?,27-,29-,31+,32+/m1/s1. The average Bonchev–Trinajstić information content (AvgIpc) is 3.43. The van der Waals surface area contributed by atoms with Gasteiger partial charge in [-0.2, -0.15) is 0 Å². The molecule has 1 aromatic rings. The summed E-state index contributed by atoms with van der Waals surface area (Å²) < 4.78 is 5.43. The summed E-state index contributed by atoms with van der Waals surface area (Å²) in [6, 6.07) is 8.89. The molecule has 218 valence electrons. The SMILES string of the molecule is CCOCCN(C)CCCC(=O)N[C@@H]1CCCCC1C(=O)N1CC[C@@H]2[C@H](C3C=CC=CC3)Nc3ccccc3[C@@H]21. The van der Waals surface area contributed by atoms with Gasteiger partial charge in [0.2, 0.25) is 11.8 Å². The molecular formula is C33H48N4O3. The second-order valence-electron chi connectivity index (χ2n) is 12.1. The Labute approximate surface area is 240 Å². The van der Waals surface area contributed by atoms with E-state index in [0.717, 1.165) is 83.5 Å². The molecule has 2 N–H and O–H groups in total. The van der Waals surface area contributed by atoms with Crippen molar-refractivity contribution in [3.05, 3.63) is 54.1 Å². The predicted octanol–water partition coefficient (Wildman–Crippen LogP) is 4.93. The number of anilines is 1. The number of nitrogens with zero attached hydrogens (tertiary/aromatic N) is 2. The minimum absolute atomic E-state index is 0.0670. The average molecular weight is 549 g/mol. The summed E-state index contributed by atoms with van der Waals surface area (Å²) in [7, 11) is 2.07. The van der Waals surface area contributed by atoms with Crippen LogP contribution in [-0.2, 0) is 14.3 Å². The Hall–Kier alpha value is -2.64. The predicted molar refractivity (Wildman–Crippen MR) is 160 cm³/mol. The fourth-order valence-electron chi connectivity index (χ4n) is 7.38. The first-order chi connectivity index (χ1) is 19.6. The largest absolute Gasteiger partial charge is 0.381 e. The van der Waals surface area contributed by atoms with Crippen molar-refractivity contribution in [3.8, 4) is 0 Å². The van der Waals surface area contributed by atoms with Gasteiger partial charge in [0.1, 0.15) is 0 Å². The molecule has 2 aliphatic heterocycles. The van der Waals surface area contributed by atoms with E-state index in [1.165, 1.54) is 5.56 Å². The Bertz CT molecular complexity index is 1070. The Morgan fingerprint density at radius 1 is 1.12 bits per heavy atom. The third kappa shape index (κ3) is 6.63. The quantitative estimate of drug-likeness (QED) is 0.384. The highest BCUT2D eigenvalue weighted by atomic mass is 16.5. The van der Waals surface area contributed by atoms with Gasteiger partial charge in [-0.25, -0.2) is 0 Å². The number of rotatable bonds is 11. The number of likely N-dealkylation sites (N-methyl/N-ethyl adjacent to an activating group) is 1. The van der Waals surface area contributed by atoms with Crippen molar-refractivity contribution in [2.45, 2.75) is 76.4 Å². The number of carbonyl (C=O) groups is 2. The number of amides is 2. The lowest BCUT2D eigenvalue weighted by Gasteiger charge is -2.44. The molecule has 1 aromatic carbocycles. The minimum atomic E-state index is -0.136. The highest BCUT2D eigenvalue weighted by molar-refractivity contribution is 5.83. The van der Waals surface area contributed by atoms with Gasteiger partial charge in [0.15, 0.2) is 0 Å². The topological polar surface area (TPSA) is 73.9 Å². The van der Waals surface area contributed by atoms with E-state index in [1.54, 1.807) is 0 Å². The Kier molecular flexibility index (Phi) is 9.97. The number of fused-ring (bicyclic) bond motifs is 3. The van der Waals surface area contributed by atoms with Crippen LogP contribution in [-0.4, -0.2) is 73.6 Å². The first kappa shape index (κ1) is 28.9. The Morgan fingerprint density at radius 2 is 1.98 bits per heavy atom. The lowest BCUT2D eigenvalue weighted by molar-refractivity contribution is -0.139. The fourth-order valence-corrected chi connectivity index (χ4v) is 7.38. The number of allylic oxidation sites excluding steroid dienone is 3. The summed E-state index contributed by atoms with van der Waals surface area (Å²) in [4.78, 5) is 31.6. The van der Waals surface area contributed by atoms with E-state index in [0.29, 0.717) is 24.3 Å². The number of benzene rings is 1. The third-order valence-corrected chi connectivity index (χ3v) is 9.46. The van der Waals surface area contributed by atoms with Crippen molar-refractivity contribution in [3.63, 3.8) is 0 Å². The van der Waals surface area contributed by atoms with E-state index in [9.17, 15) is 9.59 Å². The van der Waals surface area contributed by atoms with Gasteiger partial charge in [-0.05, 0) is 64.3 Å². The molecule has 40 heavy (non-hydrogen) atoms.